The van der Waals surface area contributed by atoms with Crippen LogP contribution in [0, 0.1) is 0 Å². The van der Waals surface area contributed by atoms with Crippen LogP contribution in [0.1, 0.15) is 31.9 Å². The maximum atomic E-state index is 10.9. The number of carbonyl (C=O) groups excluding carboxylic acids is 1. The highest BCUT2D eigenvalue weighted by Crippen LogP contribution is 2.28. The molecule has 1 amide bonds. The lowest BCUT2D eigenvalue weighted by Gasteiger charge is -2.11. The van der Waals surface area contributed by atoms with Gasteiger partial charge in [0.2, 0.25) is 5.91 Å². The van der Waals surface area contributed by atoms with Crippen molar-refractivity contribution in [3.8, 4) is 5.75 Å². The van der Waals surface area contributed by atoms with Crippen LogP contribution in [0.2, 0.25) is 0 Å². The van der Waals surface area contributed by atoms with Crippen molar-refractivity contribution in [3.63, 3.8) is 0 Å². The molecule has 0 unspecified atom stereocenters. The monoisotopic (exact) mass is 207 g/mol. The first-order valence-electron chi connectivity index (χ1n) is 5.20. The van der Waals surface area contributed by atoms with Crippen LogP contribution in [0.25, 0.3) is 0 Å². The van der Waals surface area contributed by atoms with E-state index in [1.54, 1.807) is 0 Å². The average Bonchev–Trinajstić information content (AvgIpc) is 2.19. The molecule has 1 rings (SSSR count). The zero-order chi connectivity index (χ0) is 11.4. The van der Waals surface area contributed by atoms with Crippen molar-refractivity contribution in [2.75, 3.05) is 5.32 Å². The second-order valence-electron chi connectivity index (χ2n) is 3.53. The van der Waals surface area contributed by atoms with Crippen molar-refractivity contribution in [3.05, 3.63) is 23.3 Å². The molecule has 0 saturated heterocycles. The maximum absolute atomic E-state index is 10.9. The Morgan fingerprint density at radius 3 is 2.07 bits per heavy atom. The number of amides is 1. The minimum Gasteiger partial charge on any atom is -0.507 e. The summed E-state index contributed by atoms with van der Waals surface area (Å²) in [6.07, 6.45) is 1.51. The van der Waals surface area contributed by atoms with Crippen LogP contribution in [0.15, 0.2) is 12.1 Å². The van der Waals surface area contributed by atoms with Gasteiger partial charge in [-0.25, -0.2) is 0 Å². The van der Waals surface area contributed by atoms with E-state index in [-0.39, 0.29) is 5.91 Å². The summed E-state index contributed by atoms with van der Waals surface area (Å²) in [6.45, 7) is 5.43. The van der Waals surface area contributed by atoms with Gasteiger partial charge >= 0.3 is 0 Å². The number of nitrogens with one attached hydrogen (secondary N) is 1. The topological polar surface area (TPSA) is 49.3 Å². The van der Waals surface area contributed by atoms with Crippen molar-refractivity contribution >= 4 is 11.6 Å². The van der Waals surface area contributed by atoms with Gasteiger partial charge < -0.3 is 10.4 Å². The molecule has 2 N–H and O–H groups in total. The number of hydrogen-bond acceptors (Lipinski definition) is 2. The Balaban J connectivity index is 3.14. The van der Waals surface area contributed by atoms with Crippen molar-refractivity contribution in [2.45, 2.75) is 33.6 Å². The maximum Gasteiger partial charge on any atom is 0.221 e. The van der Waals surface area contributed by atoms with Crippen molar-refractivity contribution < 1.29 is 9.90 Å². The summed E-state index contributed by atoms with van der Waals surface area (Å²) in [5.74, 6) is 0.263. The van der Waals surface area contributed by atoms with Gasteiger partial charge in [0.25, 0.3) is 0 Å². The van der Waals surface area contributed by atoms with Crippen LogP contribution in [0.5, 0.6) is 5.75 Å². The number of anilines is 1. The molecule has 0 aliphatic heterocycles. The molecule has 0 aromatic heterocycles. The molecular formula is C12H17NO2. The van der Waals surface area contributed by atoms with Crippen molar-refractivity contribution in [1.29, 1.82) is 0 Å². The SMILES string of the molecule is CCc1cc(NC(C)=O)cc(CC)c1O. The van der Waals surface area contributed by atoms with Crippen LogP contribution in [-0.2, 0) is 17.6 Å². The van der Waals surface area contributed by atoms with Gasteiger partial charge in [0, 0.05) is 12.6 Å². The van der Waals surface area contributed by atoms with Gasteiger partial charge in [-0.1, -0.05) is 13.8 Å². The summed E-state index contributed by atoms with van der Waals surface area (Å²) >= 11 is 0. The molecule has 0 aliphatic carbocycles. The smallest absolute Gasteiger partial charge is 0.221 e. The first kappa shape index (κ1) is 11.6. The molecule has 3 heteroatoms. The number of phenols is 1. The molecule has 0 heterocycles. The fraction of sp³-hybridized carbons (Fsp3) is 0.417. The molecule has 82 valence electrons. The van der Waals surface area contributed by atoms with Gasteiger partial charge in [-0.2, -0.15) is 0 Å². The second kappa shape index (κ2) is 4.82. The van der Waals surface area contributed by atoms with Crippen LogP contribution >= 0.6 is 0 Å². The third-order valence-corrected chi connectivity index (χ3v) is 2.35. The van der Waals surface area contributed by atoms with Crippen molar-refractivity contribution in [1.82, 2.24) is 0 Å². The number of rotatable bonds is 3. The van der Waals surface area contributed by atoms with E-state index in [2.05, 4.69) is 5.32 Å². The zero-order valence-corrected chi connectivity index (χ0v) is 9.42. The minimum absolute atomic E-state index is 0.0928. The first-order valence-corrected chi connectivity index (χ1v) is 5.20. The molecule has 1 aromatic rings. The largest absolute Gasteiger partial charge is 0.507 e. The molecule has 0 fully saturated rings. The van der Waals surface area contributed by atoms with Gasteiger partial charge in [0.15, 0.2) is 0 Å². The third kappa shape index (κ3) is 2.72. The highest BCUT2D eigenvalue weighted by atomic mass is 16.3. The van der Waals surface area contributed by atoms with E-state index in [0.29, 0.717) is 5.75 Å². The number of carbonyl (C=O) groups is 1. The first-order chi connectivity index (χ1) is 7.08. The zero-order valence-electron chi connectivity index (χ0n) is 9.42. The second-order valence-corrected chi connectivity index (χ2v) is 3.53. The van der Waals surface area contributed by atoms with Gasteiger partial charge in [-0.05, 0) is 36.1 Å². The lowest BCUT2D eigenvalue weighted by Crippen LogP contribution is -2.06. The summed E-state index contributed by atoms with van der Waals surface area (Å²) < 4.78 is 0. The van der Waals surface area contributed by atoms with E-state index in [9.17, 15) is 9.90 Å². The normalized spacial score (nSPS) is 10.1. The number of hydrogen-bond donors (Lipinski definition) is 2. The molecule has 0 saturated carbocycles. The highest BCUT2D eigenvalue weighted by molar-refractivity contribution is 5.89. The summed E-state index contributed by atoms with van der Waals surface area (Å²) in [4.78, 5) is 10.9. The lowest BCUT2D eigenvalue weighted by molar-refractivity contribution is -0.114. The van der Waals surface area contributed by atoms with E-state index >= 15 is 0 Å². The third-order valence-electron chi connectivity index (χ3n) is 2.35. The Morgan fingerprint density at radius 2 is 1.73 bits per heavy atom. The molecule has 0 spiro atoms. The fourth-order valence-electron chi connectivity index (χ4n) is 1.57. The van der Waals surface area contributed by atoms with Crippen LogP contribution in [0.4, 0.5) is 5.69 Å². The molecule has 3 nitrogen and oxygen atoms in total. The number of aryl methyl sites for hydroxylation is 2. The molecular weight excluding hydrogens is 190 g/mol. The van der Waals surface area contributed by atoms with Crippen LogP contribution < -0.4 is 5.32 Å². The van der Waals surface area contributed by atoms with E-state index in [0.717, 1.165) is 29.7 Å². The van der Waals surface area contributed by atoms with Gasteiger partial charge in [0.05, 0.1) is 0 Å². The predicted molar refractivity (Wildman–Crippen MR) is 61.2 cm³/mol. The Hall–Kier alpha value is -1.51. The summed E-state index contributed by atoms with van der Waals surface area (Å²) in [7, 11) is 0. The number of phenolic OH excluding ortho intramolecular Hbond substituents is 1. The average molecular weight is 207 g/mol. The minimum atomic E-state index is -0.0928. The summed E-state index contributed by atoms with van der Waals surface area (Å²) in [5, 5.41) is 12.6. The molecule has 0 radical (unpaired) electrons. The van der Waals surface area contributed by atoms with Crippen LogP contribution in [0.3, 0.4) is 0 Å². The highest BCUT2D eigenvalue weighted by Gasteiger charge is 2.07. The van der Waals surface area contributed by atoms with Crippen molar-refractivity contribution in [2.24, 2.45) is 0 Å². The number of aromatic hydroxyl groups is 1. The Kier molecular flexibility index (Phi) is 3.72. The Bertz CT molecular complexity index is 347. The summed E-state index contributed by atoms with van der Waals surface area (Å²) in [6, 6.07) is 3.63. The number of benzene rings is 1. The van der Waals surface area contributed by atoms with E-state index in [1.807, 2.05) is 26.0 Å². The Labute approximate surface area is 90.1 Å². The molecule has 1 aromatic carbocycles. The fourth-order valence-corrected chi connectivity index (χ4v) is 1.57. The quantitative estimate of drug-likeness (QED) is 0.748. The molecule has 15 heavy (non-hydrogen) atoms. The molecule has 0 aliphatic rings. The molecule has 0 bridgehead atoms. The van der Waals surface area contributed by atoms with E-state index < -0.39 is 0 Å². The molecule has 0 atom stereocenters. The van der Waals surface area contributed by atoms with Gasteiger partial charge in [-0.15, -0.1) is 0 Å². The standard InChI is InChI=1S/C12H17NO2/c1-4-9-6-11(13-8(3)14)7-10(5-2)12(9)15/h6-7,15H,4-5H2,1-3H3,(H,13,14). The van der Waals surface area contributed by atoms with Crippen LogP contribution in [-0.4, -0.2) is 11.0 Å². The predicted octanol–water partition coefficient (Wildman–Crippen LogP) is 2.48. The van der Waals surface area contributed by atoms with E-state index in [1.165, 1.54) is 6.92 Å². The van der Waals surface area contributed by atoms with Gasteiger partial charge in [-0.3, -0.25) is 4.79 Å². The van der Waals surface area contributed by atoms with Gasteiger partial charge in [0.1, 0.15) is 5.75 Å². The lowest BCUT2D eigenvalue weighted by atomic mass is 10.0. The Morgan fingerprint density at radius 1 is 1.27 bits per heavy atom. The van der Waals surface area contributed by atoms with E-state index in [4.69, 9.17) is 0 Å². The summed E-state index contributed by atoms with van der Waals surface area (Å²) in [5.41, 5.74) is 2.50.